The summed E-state index contributed by atoms with van der Waals surface area (Å²) < 4.78 is 0. The van der Waals surface area contributed by atoms with E-state index in [2.05, 4.69) is 13.8 Å². The molecule has 1 fully saturated rings. The maximum atomic E-state index is 12.4. The minimum Gasteiger partial charge on any atom is -0.393 e. The van der Waals surface area contributed by atoms with E-state index in [4.69, 9.17) is 18.0 Å². The predicted molar refractivity (Wildman–Crippen MR) is 74.7 cm³/mol. The van der Waals surface area contributed by atoms with Crippen molar-refractivity contribution in [3.8, 4) is 0 Å². The normalized spacial score (nSPS) is 24.4. The highest BCUT2D eigenvalue weighted by atomic mass is 32.1. The highest BCUT2D eigenvalue weighted by Gasteiger charge is 2.40. The summed E-state index contributed by atoms with van der Waals surface area (Å²) in [6, 6.07) is 0. The van der Waals surface area contributed by atoms with Gasteiger partial charge in [0.25, 0.3) is 0 Å². The van der Waals surface area contributed by atoms with Crippen molar-refractivity contribution >= 4 is 23.1 Å². The van der Waals surface area contributed by atoms with Gasteiger partial charge in [0.15, 0.2) is 0 Å². The highest BCUT2D eigenvalue weighted by molar-refractivity contribution is 7.80. The van der Waals surface area contributed by atoms with Crippen LogP contribution >= 0.6 is 12.2 Å². The van der Waals surface area contributed by atoms with E-state index in [9.17, 15) is 4.79 Å². The van der Waals surface area contributed by atoms with Crippen molar-refractivity contribution in [2.24, 2.45) is 23.0 Å². The third kappa shape index (κ3) is 3.41. The first-order valence-corrected chi connectivity index (χ1v) is 6.71. The monoisotopic (exact) mass is 256 g/mol. The van der Waals surface area contributed by atoms with Crippen molar-refractivity contribution < 1.29 is 4.79 Å². The fourth-order valence-corrected chi connectivity index (χ4v) is 2.72. The summed E-state index contributed by atoms with van der Waals surface area (Å²) in [6.07, 6.45) is 3.31. The van der Waals surface area contributed by atoms with Gasteiger partial charge in [-0.1, -0.05) is 39.4 Å². The molecule has 0 heterocycles. The zero-order valence-electron chi connectivity index (χ0n) is 11.3. The number of hydrogen-bond acceptors (Lipinski definition) is 2. The van der Waals surface area contributed by atoms with Gasteiger partial charge < -0.3 is 10.6 Å². The average molecular weight is 256 g/mol. The molecule has 3 nitrogen and oxygen atoms in total. The fraction of sp³-hybridized carbons (Fsp3) is 0.846. The Bertz CT molecular complexity index is 315. The largest absolute Gasteiger partial charge is 0.393 e. The molecular formula is C13H24N2OS. The van der Waals surface area contributed by atoms with Crippen LogP contribution in [-0.2, 0) is 4.79 Å². The number of thiocarbonyl (C=S) groups is 1. The minimum absolute atomic E-state index is 0.0865. The number of amides is 1. The lowest BCUT2D eigenvalue weighted by Crippen LogP contribution is -2.41. The molecular weight excluding hydrogens is 232 g/mol. The van der Waals surface area contributed by atoms with Crippen LogP contribution in [0.25, 0.3) is 0 Å². The summed E-state index contributed by atoms with van der Waals surface area (Å²) in [6.45, 7) is 6.97. The van der Waals surface area contributed by atoms with Crippen LogP contribution in [0.15, 0.2) is 0 Å². The molecule has 2 N–H and O–H groups in total. The zero-order chi connectivity index (χ0) is 13.2. The number of carbonyl (C=O) groups excluding carboxylic acids is 1. The van der Waals surface area contributed by atoms with E-state index in [1.807, 2.05) is 14.0 Å². The Morgan fingerprint density at radius 1 is 1.59 bits per heavy atom. The van der Waals surface area contributed by atoms with Crippen LogP contribution in [-0.4, -0.2) is 29.4 Å². The molecule has 0 aromatic rings. The van der Waals surface area contributed by atoms with Crippen molar-refractivity contribution in [3.05, 3.63) is 0 Å². The molecule has 1 aliphatic carbocycles. The van der Waals surface area contributed by atoms with E-state index in [0.717, 1.165) is 19.3 Å². The third-order valence-electron chi connectivity index (χ3n) is 3.96. The average Bonchev–Trinajstić information content (AvgIpc) is 2.56. The molecule has 17 heavy (non-hydrogen) atoms. The molecule has 1 rings (SSSR count). The summed E-state index contributed by atoms with van der Waals surface area (Å²) >= 11 is 4.94. The van der Waals surface area contributed by atoms with E-state index in [-0.39, 0.29) is 23.2 Å². The molecule has 0 radical (unpaired) electrons. The predicted octanol–water partition coefficient (Wildman–Crippen LogP) is 2.19. The first kappa shape index (κ1) is 14.4. The van der Waals surface area contributed by atoms with E-state index in [1.54, 1.807) is 4.90 Å². The topological polar surface area (TPSA) is 46.3 Å². The SMILES string of the molecule is CC(CN(C)C(=O)C1CCCC1(C)C)C(N)=S. The van der Waals surface area contributed by atoms with E-state index in [1.165, 1.54) is 0 Å². The van der Waals surface area contributed by atoms with Crippen LogP contribution in [0, 0.1) is 17.3 Å². The standard InChI is InChI=1S/C13H24N2OS/c1-9(11(14)17)8-15(4)12(16)10-6-5-7-13(10,2)3/h9-10H,5-8H2,1-4H3,(H2,14,17). The van der Waals surface area contributed by atoms with Gasteiger partial charge in [0.2, 0.25) is 5.91 Å². The van der Waals surface area contributed by atoms with Crippen molar-refractivity contribution in [1.82, 2.24) is 4.90 Å². The Labute approximate surface area is 110 Å². The maximum Gasteiger partial charge on any atom is 0.225 e. The molecule has 0 spiro atoms. The van der Waals surface area contributed by atoms with Gasteiger partial charge in [-0.2, -0.15) is 0 Å². The Morgan fingerprint density at radius 2 is 2.18 bits per heavy atom. The summed E-state index contributed by atoms with van der Waals surface area (Å²) in [5.74, 6) is 0.491. The maximum absolute atomic E-state index is 12.4. The molecule has 4 heteroatoms. The lowest BCUT2D eigenvalue weighted by molar-refractivity contribution is -0.137. The van der Waals surface area contributed by atoms with Crippen LogP contribution in [0.2, 0.25) is 0 Å². The van der Waals surface area contributed by atoms with Gasteiger partial charge in [0, 0.05) is 25.4 Å². The van der Waals surface area contributed by atoms with E-state index < -0.39 is 0 Å². The summed E-state index contributed by atoms with van der Waals surface area (Å²) in [5.41, 5.74) is 5.72. The number of carbonyl (C=O) groups is 1. The van der Waals surface area contributed by atoms with E-state index >= 15 is 0 Å². The zero-order valence-corrected chi connectivity index (χ0v) is 12.1. The van der Waals surface area contributed by atoms with Crippen LogP contribution < -0.4 is 5.73 Å². The van der Waals surface area contributed by atoms with Gasteiger partial charge >= 0.3 is 0 Å². The fourth-order valence-electron chi connectivity index (χ4n) is 2.64. The quantitative estimate of drug-likeness (QED) is 0.784. The van der Waals surface area contributed by atoms with Gasteiger partial charge in [-0.15, -0.1) is 0 Å². The second-order valence-corrected chi connectivity index (χ2v) is 6.43. The first-order chi connectivity index (χ1) is 7.75. The molecule has 1 saturated carbocycles. The van der Waals surface area contributed by atoms with E-state index in [0.29, 0.717) is 11.5 Å². The highest BCUT2D eigenvalue weighted by Crippen LogP contribution is 2.43. The smallest absolute Gasteiger partial charge is 0.225 e. The number of nitrogens with zero attached hydrogens (tertiary/aromatic N) is 1. The van der Waals surface area contributed by atoms with Crippen molar-refractivity contribution in [3.63, 3.8) is 0 Å². The van der Waals surface area contributed by atoms with Crippen LogP contribution in [0.3, 0.4) is 0 Å². The second-order valence-electron chi connectivity index (χ2n) is 5.96. The molecule has 0 aromatic carbocycles. The molecule has 98 valence electrons. The second kappa shape index (κ2) is 5.34. The van der Waals surface area contributed by atoms with Crippen molar-refractivity contribution in [2.45, 2.75) is 40.0 Å². The van der Waals surface area contributed by atoms with Crippen molar-refractivity contribution in [1.29, 1.82) is 0 Å². The van der Waals surface area contributed by atoms with Crippen molar-refractivity contribution in [2.75, 3.05) is 13.6 Å². The molecule has 1 aliphatic rings. The molecule has 2 atom stereocenters. The number of rotatable bonds is 4. The van der Waals surface area contributed by atoms with Gasteiger partial charge in [-0.25, -0.2) is 0 Å². The van der Waals surface area contributed by atoms with Gasteiger partial charge in [-0.05, 0) is 18.3 Å². The summed E-state index contributed by atoms with van der Waals surface area (Å²) in [7, 11) is 1.85. The third-order valence-corrected chi connectivity index (χ3v) is 4.37. The lowest BCUT2D eigenvalue weighted by Gasteiger charge is -2.31. The van der Waals surface area contributed by atoms with Gasteiger partial charge in [-0.3, -0.25) is 4.79 Å². The number of hydrogen-bond donors (Lipinski definition) is 1. The summed E-state index contributed by atoms with van der Waals surface area (Å²) in [4.78, 5) is 14.6. The molecule has 2 unspecified atom stereocenters. The van der Waals surface area contributed by atoms with Gasteiger partial charge in [0.1, 0.15) is 0 Å². The Hall–Kier alpha value is -0.640. The molecule has 0 saturated heterocycles. The summed E-state index contributed by atoms with van der Waals surface area (Å²) in [5, 5.41) is 0. The molecule has 1 amide bonds. The Balaban J connectivity index is 2.61. The van der Waals surface area contributed by atoms with Crippen LogP contribution in [0.4, 0.5) is 0 Å². The Morgan fingerprint density at radius 3 is 2.59 bits per heavy atom. The van der Waals surface area contributed by atoms with Crippen LogP contribution in [0.5, 0.6) is 0 Å². The lowest BCUT2D eigenvalue weighted by atomic mass is 9.81. The molecule has 0 aromatic heterocycles. The first-order valence-electron chi connectivity index (χ1n) is 6.30. The number of nitrogens with two attached hydrogens (primary N) is 1. The minimum atomic E-state index is 0.0865. The van der Waals surface area contributed by atoms with Crippen LogP contribution in [0.1, 0.15) is 40.0 Å². The molecule has 0 aliphatic heterocycles. The molecule has 0 bridgehead atoms. The Kier molecular flexibility index (Phi) is 4.53. The van der Waals surface area contributed by atoms with Gasteiger partial charge in [0.05, 0.1) is 4.99 Å².